The van der Waals surface area contributed by atoms with E-state index >= 15 is 0 Å². The van der Waals surface area contributed by atoms with Crippen molar-refractivity contribution in [3.05, 3.63) is 88.5 Å². The molecule has 2 aromatic carbocycles. The van der Waals surface area contributed by atoms with Gasteiger partial charge >= 0.3 is 0 Å². The van der Waals surface area contributed by atoms with E-state index in [4.69, 9.17) is 4.74 Å². The first-order valence-corrected chi connectivity index (χ1v) is 11.1. The molecule has 2 aromatic rings. The van der Waals surface area contributed by atoms with Crippen LogP contribution in [-0.4, -0.2) is 56.6 Å². The number of aliphatic hydroxyl groups excluding tert-OH is 1. The van der Waals surface area contributed by atoms with E-state index in [1.165, 1.54) is 29.3 Å². The topological polar surface area (TPSA) is 119 Å². The van der Waals surface area contributed by atoms with Gasteiger partial charge in [0.05, 0.1) is 12.6 Å². The van der Waals surface area contributed by atoms with Crippen molar-refractivity contribution < 1.29 is 38.1 Å². The van der Waals surface area contributed by atoms with Crippen LogP contribution in [0.25, 0.3) is 0 Å². The molecule has 0 aromatic heterocycles. The van der Waals surface area contributed by atoms with Crippen LogP contribution in [0, 0.1) is 11.6 Å². The Labute approximate surface area is 203 Å². The van der Waals surface area contributed by atoms with Crippen LogP contribution in [-0.2, 0) is 32.1 Å². The van der Waals surface area contributed by atoms with Gasteiger partial charge in [-0.25, -0.2) is 8.78 Å². The van der Waals surface area contributed by atoms with Gasteiger partial charge in [-0.3, -0.25) is 24.2 Å². The summed E-state index contributed by atoms with van der Waals surface area (Å²) in [5.74, 6) is -3.86. The Balaban J connectivity index is 1.32. The lowest BCUT2D eigenvalue weighted by molar-refractivity contribution is -0.159. The van der Waals surface area contributed by atoms with Crippen LogP contribution < -0.4 is 5.32 Å². The number of amides is 3. The molecular formula is C25H21F2N3O6. The number of hydrogen-bond acceptors (Lipinski definition) is 6. The van der Waals surface area contributed by atoms with Gasteiger partial charge in [-0.1, -0.05) is 18.2 Å². The third-order valence-corrected chi connectivity index (χ3v) is 6.29. The molecular weight excluding hydrogens is 476 g/mol. The van der Waals surface area contributed by atoms with Crippen molar-refractivity contribution in [1.29, 1.82) is 0 Å². The number of piperazine rings is 1. The monoisotopic (exact) mass is 497 g/mol. The third kappa shape index (κ3) is 4.17. The summed E-state index contributed by atoms with van der Waals surface area (Å²) < 4.78 is 32.6. The number of carbonyl (C=O) groups is 3. The zero-order valence-corrected chi connectivity index (χ0v) is 18.8. The van der Waals surface area contributed by atoms with Gasteiger partial charge in [0.15, 0.2) is 5.70 Å². The highest BCUT2D eigenvalue weighted by atomic mass is 19.1. The molecule has 3 aliphatic heterocycles. The average Bonchev–Trinajstić information content (AvgIpc) is 3.27. The number of phenolic OH excluding ortho intramolecular Hbond substituents is 1. The van der Waals surface area contributed by atoms with Crippen LogP contribution in [0.5, 0.6) is 5.75 Å². The van der Waals surface area contributed by atoms with Crippen LogP contribution in [0.15, 0.2) is 65.7 Å². The minimum atomic E-state index is -1.22. The molecule has 11 heteroatoms. The molecule has 2 fully saturated rings. The smallest absolute Gasteiger partial charge is 0.281 e. The summed E-state index contributed by atoms with van der Waals surface area (Å²) in [4.78, 5) is 41.3. The van der Waals surface area contributed by atoms with Gasteiger partial charge in [0.2, 0.25) is 12.1 Å². The summed E-state index contributed by atoms with van der Waals surface area (Å²) in [5.41, 5.74) is 0.606. The van der Waals surface area contributed by atoms with Crippen LogP contribution >= 0.6 is 0 Å². The van der Waals surface area contributed by atoms with Gasteiger partial charge in [0, 0.05) is 36.4 Å². The minimum Gasteiger partial charge on any atom is -0.510 e. The highest BCUT2D eigenvalue weighted by molar-refractivity contribution is 6.07. The SMILES string of the molecule is O=C(NCc1ccc(F)cc1F)C1=CN2C(=O)[C@H]3OC[C@H](Cc4ccc(O)cc4)N3C(=O)C2=C(O)C1. The predicted molar refractivity (Wildman–Crippen MR) is 120 cm³/mol. The molecule has 0 bridgehead atoms. The van der Waals surface area contributed by atoms with E-state index in [1.54, 1.807) is 12.1 Å². The highest BCUT2D eigenvalue weighted by Gasteiger charge is 2.52. The Hall–Kier alpha value is -4.25. The number of carbonyl (C=O) groups excluding carboxylic acids is 3. The Kier molecular flexibility index (Phi) is 5.92. The number of nitrogens with one attached hydrogen (secondary N) is 1. The third-order valence-electron chi connectivity index (χ3n) is 6.29. The van der Waals surface area contributed by atoms with Crippen molar-refractivity contribution in [2.75, 3.05) is 6.61 Å². The van der Waals surface area contributed by atoms with E-state index in [1.807, 2.05) is 0 Å². The molecule has 3 aliphatic rings. The molecule has 9 nitrogen and oxygen atoms in total. The number of fused-ring (bicyclic) bond motifs is 2. The number of ether oxygens (including phenoxy) is 1. The fourth-order valence-electron chi connectivity index (χ4n) is 4.48. The largest absolute Gasteiger partial charge is 0.510 e. The highest BCUT2D eigenvalue weighted by Crippen LogP contribution is 2.35. The molecule has 186 valence electrons. The van der Waals surface area contributed by atoms with Crippen molar-refractivity contribution in [2.45, 2.75) is 31.7 Å². The molecule has 3 N–H and O–H groups in total. The minimum absolute atomic E-state index is 0.0213. The number of aromatic hydroxyl groups is 1. The molecule has 3 amide bonds. The first-order chi connectivity index (χ1) is 17.2. The van der Waals surface area contributed by atoms with Gasteiger partial charge in [-0.05, 0) is 30.2 Å². The lowest BCUT2D eigenvalue weighted by atomic mass is 10.0. The van der Waals surface area contributed by atoms with Gasteiger partial charge < -0.3 is 20.3 Å². The van der Waals surface area contributed by atoms with E-state index < -0.39 is 47.4 Å². The second-order valence-electron chi connectivity index (χ2n) is 8.68. The molecule has 2 saturated heterocycles. The fourth-order valence-corrected chi connectivity index (χ4v) is 4.48. The molecule has 5 rings (SSSR count). The number of nitrogens with zero attached hydrogens (tertiary/aromatic N) is 2. The standard InChI is InChI=1S/C25H21F2N3O6/c26-16-4-3-14(19(27)9-16)10-28-22(33)15-8-20(32)21-23(34)30-17(7-13-1-5-18(31)6-2-13)12-36-25(30)24(35)29(21)11-15/h1-6,9,11,17,25,31-32H,7-8,10,12H2,(H,28,33)/t17-,25+/m0/s1. The van der Waals surface area contributed by atoms with Crippen molar-refractivity contribution in [3.8, 4) is 5.75 Å². The Morgan fingerprint density at radius 3 is 2.58 bits per heavy atom. The molecule has 0 unspecified atom stereocenters. The average molecular weight is 497 g/mol. The number of aliphatic hydroxyl groups is 1. The van der Waals surface area contributed by atoms with E-state index in [0.717, 1.165) is 16.5 Å². The molecule has 0 spiro atoms. The maximum absolute atomic E-state index is 13.9. The van der Waals surface area contributed by atoms with E-state index in [-0.39, 0.29) is 42.2 Å². The molecule has 0 radical (unpaired) electrons. The molecule has 2 atom stereocenters. The van der Waals surface area contributed by atoms with E-state index in [2.05, 4.69) is 5.32 Å². The second-order valence-corrected chi connectivity index (χ2v) is 8.68. The number of halogens is 2. The van der Waals surface area contributed by atoms with E-state index in [0.29, 0.717) is 12.5 Å². The zero-order valence-electron chi connectivity index (χ0n) is 18.8. The summed E-state index contributed by atoms with van der Waals surface area (Å²) in [6.45, 7) is -0.157. The molecule has 0 aliphatic carbocycles. The summed E-state index contributed by atoms with van der Waals surface area (Å²) in [6.07, 6.45) is 0.000424. The Morgan fingerprint density at radius 1 is 1.11 bits per heavy atom. The Bertz CT molecular complexity index is 1320. The predicted octanol–water partition coefficient (Wildman–Crippen LogP) is 1.98. The van der Waals surface area contributed by atoms with Crippen molar-refractivity contribution in [2.24, 2.45) is 0 Å². The first-order valence-electron chi connectivity index (χ1n) is 11.1. The van der Waals surface area contributed by atoms with Crippen LogP contribution in [0.1, 0.15) is 17.5 Å². The van der Waals surface area contributed by atoms with Crippen molar-refractivity contribution in [1.82, 2.24) is 15.1 Å². The normalized spacial score (nSPS) is 21.3. The van der Waals surface area contributed by atoms with Gasteiger partial charge in [-0.2, -0.15) is 0 Å². The first kappa shape index (κ1) is 23.5. The van der Waals surface area contributed by atoms with Crippen LogP contribution in [0.3, 0.4) is 0 Å². The van der Waals surface area contributed by atoms with Crippen LogP contribution in [0.4, 0.5) is 8.78 Å². The lowest BCUT2D eigenvalue weighted by Gasteiger charge is -2.39. The zero-order chi connectivity index (χ0) is 25.6. The number of phenols is 1. The van der Waals surface area contributed by atoms with E-state index in [9.17, 15) is 33.4 Å². The summed E-state index contributed by atoms with van der Waals surface area (Å²) in [5, 5.41) is 22.6. The maximum atomic E-state index is 13.9. The summed E-state index contributed by atoms with van der Waals surface area (Å²) in [7, 11) is 0. The number of allylic oxidation sites excluding steroid dienone is 1. The van der Waals surface area contributed by atoms with Gasteiger partial charge in [0.1, 0.15) is 23.1 Å². The molecule has 0 saturated carbocycles. The molecule has 3 heterocycles. The fraction of sp³-hybridized carbons (Fsp3) is 0.240. The number of rotatable bonds is 5. The Morgan fingerprint density at radius 2 is 1.86 bits per heavy atom. The maximum Gasteiger partial charge on any atom is 0.281 e. The van der Waals surface area contributed by atoms with Crippen molar-refractivity contribution in [3.63, 3.8) is 0 Å². The quantitative estimate of drug-likeness (QED) is 0.581. The number of benzene rings is 2. The summed E-state index contributed by atoms with van der Waals surface area (Å²) in [6, 6.07) is 8.92. The van der Waals surface area contributed by atoms with Gasteiger partial charge in [0.25, 0.3) is 11.8 Å². The van der Waals surface area contributed by atoms with Crippen LogP contribution in [0.2, 0.25) is 0 Å². The second kappa shape index (κ2) is 9.08. The molecule has 36 heavy (non-hydrogen) atoms. The van der Waals surface area contributed by atoms with Gasteiger partial charge in [-0.15, -0.1) is 0 Å². The summed E-state index contributed by atoms with van der Waals surface area (Å²) >= 11 is 0. The lowest BCUT2D eigenvalue weighted by Crippen LogP contribution is -2.58. The number of hydrogen-bond donors (Lipinski definition) is 3. The van der Waals surface area contributed by atoms with Crippen molar-refractivity contribution >= 4 is 17.7 Å².